The summed E-state index contributed by atoms with van der Waals surface area (Å²) < 4.78 is 9.91. The van der Waals surface area contributed by atoms with Crippen molar-refractivity contribution in [1.82, 2.24) is 34.3 Å². The number of hydrogen-bond acceptors (Lipinski definition) is 7. The molecule has 0 N–H and O–H groups in total. The number of aromatic nitrogens is 7. The van der Waals surface area contributed by atoms with Gasteiger partial charge < -0.3 is 9.64 Å². The van der Waals surface area contributed by atoms with Crippen molar-refractivity contribution in [2.75, 3.05) is 11.4 Å². The number of fused-ring (bicyclic) bond motifs is 2. The molecule has 1 aliphatic heterocycles. The molecule has 0 radical (unpaired) electrons. The minimum Gasteiger partial charge on any atom is -0.470 e. The Kier molecular flexibility index (Phi) is 3.70. The third-order valence-electron chi connectivity index (χ3n) is 4.57. The van der Waals surface area contributed by atoms with E-state index in [0.29, 0.717) is 31.3 Å². The molecule has 0 saturated heterocycles. The van der Waals surface area contributed by atoms with Gasteiger partial charge in [-0.2, -0.15) is 19.7 Å². The molecular weight excluding hydrogens is 344 g/mol. The number of pyridine rings is 1. The first-order valence-electron chi connectivity index (χ1n) is 8.77. The lowest BCUT2D eigenvalue weighted by atomic mass is 10.3. The minimum absolute atomic E-state index is 0.118. The summed E-state index contributed by atoms with van der Waals surface area (Å²) in [6, 6.07) is 9.71. The standard InChI is InChI=1S/C18H18N8O/c1-13-8-17(26-18(23-13)20-12-22-26)24-9-14-5-7-21-25(14)11-15(10-24)27-16-4-2-3-6-19-16/h2-8,12,15H,9-11H2,1H3. The highest BCUT2D eigenvalue weighted by Crippen LogP contribution is 2.23. The first kappa shape index (κ1) is 15.7. The van der Waals surface area contributed by atoms with E-state index in [0.717, 1.165) is 17.2 Å². The van der Waals surface area contributed by atoms with Crippen LogP contribution in [0, 0.1) is 6.92 Å². The van der Waals surface area contributed by atoms with Crippen molar-refractivity contribution < 1.29 is 4.74 Å². The molecule has 0 bridgehead atoms. The molecule has 5 heterocycles. The maximum absolute atomic E-state index is 6.16. The fourth-order valence-corrected chi connectivity index (χ4v) is 3.39. The van der Waals surface area contributed by atoms with E-state index in [1.165, 1.54) is 6.33 Å². The van der Waals surface area contributed by atoms with Crippen LogP contribution in [0.3, 0.4) is 0 Å². The summed E-state index contributed by atoms with van der Waals surface area (Å²) in [7, 11) is 0. The zero-order chi connectivity index (χ0) is 18.2. The topological polar surface area (TPSA) is 86.3 Å². The Balaban J connectivity index is 1.54. The summed E-state index contributed by atoms with van der Waals surface area (Å²) in [6.45, 7) is 3.97. The van der Waals surface area contributed by atoms with Crippen LogP contribution in [0.4, 0.5) is 5.82 Å². The van der Waals surface area contributed by atoms with E-state index in [1.807, 2.05) is 48.1 Å². The van der Waals surface area contributed by atoms with E-state index in [9.17, 15) is 0 Å². The molecule has 0 amide bonds. The zero-order valence-corrected chi connectivity index (χ0v) is 14.8. The Labute approximate surface area is 155 Å². The number of ether oxygens (including phenoxy) is 1. The molecule has 4 aromatic rings. The van der Waals surface area contributed by atoms with Crippen molar-refractivity contribution >= 4 is 11.6 Å². The van der Waals surface area contributed by atoms with E-state index in [-0.39, 0.29) is 6.10 Å². The molecule has 1 atom stereocenters. The third-order valence-corrected chi connectivity index (χ3v) is 4.57. The average Bonchev–Trinajstić information content (AvgIpc) is 3.27. The highest BCUT2D eigenvalue weighted by atomic mass is 16.5. The van der Waals surface area contributed by atoms with Crippen LogP contribution in [0.5, 0.6) is 5.88 Å². The number of nitrogens with zero attached hydrogens (tertiary/aromatic N) is 8. The lowest BCUT2D eigenvalue weighted by Gasteiger charge is -2.26. The van der Waals surface area contributed by atoms with Crippen molar-refractivity contribution in [3.63, 3.8) is 0 Å². The van der Waals surface area contributed by atoms with Crippen LogP contribution in [-0.4, -0.2) is 47.0 Å². The predicted molar refractivity (Wildman–Crippen MR) is 97.4 cm³/mol. The molecule has 0 saturated carbocycles. The van der Waals surface area contributed by atoms with Gasteiger partial charge in [-0.25, -0.2) is 9.97 Å². The first-order valence-corrected chi connectivity index (χ1v) is 8.77. The van der Waals surface area contributed by atoms with Crippen LogP contribution in [0.2, 0.25) is 0 Å². The van der Waals surface area contributed by atoms with E-state index in [2.05, 4.69) is 30.0 Å². The zero-order valence-electron chi connectivity index (χ0n) is 14.8. The SMILES string of the molecule is Cc1cc(N2Cc3ccnn3CC(Oc3ccccn3)C2)n2ncnc2n1. The summed E-state index contributed by atoms with van der Waals surface area (Å²) in [4.78, 5) is 15.2. The van der Waals surface area contributed by atoms with Gasteiger partial charge in [-0.15, -0.1) is 0 Å². The van der Waals surface area contributed by atoms with E-state index < -0.39 is 0 Å². The quantitative estimate of drug-likeness (QED) is 0.546. The van der Waals surface area contributed by atoms with Crippen LogP contribution in [-0.2, 0) is 13.1 Å². The number of hydrogen-bond donors (Lipinski definition) is 0. The maximum atomic E-state index is 6.16. The summed E-state index contributed by atoms with van der Waals surface area (Å²) in [5.74, 6) is 2.12. The molecule has 1 aliphatic rings. The van der Waals surface area contributed by atoms with Gasteiger partial charge in [-0.3, -0.25) is 4.68 Å². The van der Waals surface area contributed by atoms with Crippen molar-refractivity contribution in [2.45, 2.75) is 26.1 Å². The van der Waals surface area contributed by atoms with Crippen LogP contribution in [0.1, 0.15) is 11.4 Å². The number of aryl methyl sites for hydroxylation is 1. The molecule has 9 nitrogen and oxygen atoms in total. The van der Waals surface area contributed by atoms with Crippen LogP contribution in [0.15, 0.2) is 49.1 Å². The van der Waals surface area contributed by atoms with E-state index >= 15 is 0 Å². The molecule has 0 spiro atoms. The number of rotatable bonds is 3. The average molecular weight is 362 g/mol. The maximum Gasteiger partial charge on any atom is 0.254 e. The van der Waals surface area contributed by atoms with Crippen LogP contribution < -0.4 is 9.64 Å². The summed E-state index contributed by atoms with van der Waals surface area (Å²) in [5, 5.41) is 8.79. The van der Waals surface area contributed by atoms with Gasteiger partial charge in [0.1, 0.15) is 18.2 Å². The van der Waals surface area contributed by atoms with Gasteiger partial charge in [0, 0.05) is 30.2 Å². The Morgan fingerprint density at radius 3 is 2.93 bits per heavy atom. The van der Waals surface area contributed by atoms with Gasteiger partial charge in [0.2, 0.25) is 5.88 Å². The molecular formula is C18H18N8O. The second-order valence-electron chi connectivity index (χ2n) is 6.52. The Morgan fingerprint density at radius 1 is 1.07 bits per heavy atom. The molecule has 27 heavy (non-hydrogen) atoms. The summed E-state index contributed by atoms with van der Waals surface area (Å²) in [6.07, 6.45) is 4.95. The predicted octanol–water partition coefficient (Wildman–Crippen LogP) is 1.49. The van der Waals surface area contributed by atoms with Gasteiger partial charge in [0.15, 0.2) is 0 Å². The molecule has 9 heteroatoms. The smallest absolute Gasteiger partial charge is 0.254 e. The van der Waals surface area contributed by atoms with Crippen molar-refractivity contribution in [3.05, 3.63) is 60.4 Å². The third kappa shape index (κ3) is 2.97. The normalized spacial score (nSPS) is 16.9. The second kappa shape index (κ2) is 6.35. The van der Waals surface area contributed by atoms with Crippen molar-refractivity contribution in [3.8, 4) is 5.88 Å². The van der Waals surface area contributed by atoms with Crippen molar-refractivity contribution in [2.24, 2.45) is 0 Å². The fourth-order valence-electron chi connectivity index (χ4n) is 3.39. The van der Waals surface area contributed by atoms with Gasteiger partial charge in [-0.1, -0.05) is 6.07 Å². The monoisotopic (exact) mass is 362 g/mol. The number of anilines is 1. The summed E-state index contributed by atoms with van der Waals surface area (Å²) >= 11 is 0. The van der Waals surface area contributed by atoms with Crippen LogP contribution in [0.25, 0.3) is 5.78 Å². The van der Waals surface area contributed by atoms with E-state index in [4.69, 9.17) is 4.74 Å². The van der Waals surface area contributed by atoms with Gasteiger partial charge in [-0.05, 0) is 19.1 Å². The molecule has 5 rings (SSSR count). The molecule has 0 aromatic carbocycles. The van der Waals surface area contributed by atoms with Crippen molar-refractivity contribution in [1.29, 1.82) is 0 Å². The minimum atomic E-state index is -0.118. The lowest BCUT2D eigenvalue weighted by molar-refractivity contribution is 0.177. The highest BCUT2D eigenvalue weighted by Gasteiger charge is 2.26. The summed E-state index contributed by atoms with van der Waals surface area (Å²) in [5.41, 5.74) is 2.01. The fraction of sp³-hybridized carbons (Fsp3) is 0.278. The highest BCUT2D eigenvalue weighted by molar-refractivity contribution is 5.47. The lowest BCUT2D eigenvalue weighted by Crippen LogP contribution is -2.36. The van der Waals surface area contributed by atoms with Gasteiger partial charge in [0.25, 0.3) is 5.78 Å². The molecule has 0 aliphatic carbocycles. The molecule has 1 unspecified atom stereocenters. The Bertz CT molecular complexity index is 1070. The molecule has 4 aromatic heterocycles. The molecule has 0 fully saturated rings. The molecule has 136 valence electrons. The Morgan fingerprint density at radius 2 is 2.04 bits per heavy atom. The first-order chi connectivity index (χ1) is 13.3. The largest absolute Gasteiger partial charge is 0.470 e. The second-order valence-corrected chi connectivity index (χ2v) is 6.52. The van der Waals surface area contributed by atoms with E-state index in [1.54, 1.807) is 10.7 Å². The van der Waals surface area contributed by atoms with Crippen LogP contribution >= 0.6 is 0 Å². The van der Waals surface area contributed by atoms with Gasteiger partial charge in [0.05, 0.1) is 25.3 Å². The Hall–Kier alpha value is -3.49. The van der Waals surface area contributed by atoms with Gasteiger partial charge >= 0.3 is 0 Å².